The average molecular weight is 273 g/mol. The molecule has 2 rings (SSSR count). The number of hydrogen-bond acceptors (Lipinski definition) is 4. The lowest BCUT2D eigenvalue weighted by Crippen LogP contribution is -2.01. The van der Waals surface area contributed by atoms with Crippen LogP contribution >= 0.6 is 0 Å². The SMILES string of the molecule is CCOc1ccccc1Oc1cc(C(=O)O)cc(C)n1. The highest BCUT2D eigenvalue weighted by atomic mass is 16.5. The minimum absolute atomic E-state index is 0.140. The van der Waals surface area contributed by atoms with E-state index in [-0.39, 0.29) is 11.4 Å². The molecule has 0 spiro atoms. The topological polar surface area (TPSA) is 68.7 Å². The van der Waals surface area contributed by atoms with E-state index in [1.807, 2.05) is 19.1 Å². The van der Waals surface area contributed by atoms with Gasteiger partial charge in [0.15, 0.2) is 11.5 Å². The number of aromatic nitrogens is 1. The van der Waals surface area contributed by atoms with Crippen molar-refractivity contribution in [2.24, 2.45) is 0 Å². The van der Waals surface area contributed by atoms with Crippen LogP contribution in [-0.4, -0.2) is 22.7 Å². The number of carboxylic acid groups (broad SMARTS) is 1. The van der Waals surface area contributed by atoms with Crippen molar-refractivity contribution >= 4 is 5.97 Å². The highest BCUT2D eigenvalue weighted by Gasteiger charge is 2.10. The van der Waals surface area contributed by atoms with Gasteiger partial charge in [0.05, 0.1) is 12.2 Å². The third-order valence-corrected chi connectivity index (χ3v) is 2.54. The summed E-state index contributed by atoms with van der Waals surface area (Å²) in [6.45, 7) is 4.11. The Morgan fingerprint density at radius 2 is 1.95 bits per heavy atom. The van der Waals surface area contributed by atoms with E-state index in [1.165, 1.54) is 12.1 Å². The van der Waals surface area contributed by atoms with Crippen molar-refractivity contribution in [1.82, 2.24) is 4.98 Å². The second-order valence-electron chi connectivity index (χ2n) is 4.12. The minimum Gasteiger partial charge on any atom is -0.490 e. The highest BCUT2D eigenvalue weighted by Crippen LogP contribution is 2.30. The molecule has 0 saturated heterocycles. The molecule has 5 heteroatoms. The van der Waals surface area contributed by atoms with E-state index in [4.69, 9.17) is 14.6 Å². The van der Waals surface area contributed by atoms with Gasteiger partial charge in [-0.15, -0.1) is 0 Å². The predicted molar refractivity (Wildman–Crippen MR) is 73.6 cm³/mol. The lowest BCUT2D eigenvalue weighted by Gasteiger charge is -2.11. The molecule has 1 aromatic carbocycles. The van der Waals surface area contributed by atoms with Crippen molar-refractivity contribution in [1.29, 1.82) is 0 Å². The predicted octanol–water partition coefficient (Wildman–Crippen LogP) is 3.28. The lowest BCUT2D eigenvalue weighted by molar-refractivity contribution is 0.0696. The third kappa shape index (κ3) is 3.26. The Bertz CT molecular complexity index is 625. The number of ether oxygens (including phenoxy) is 2. The molecule has 1 heterocycles. The zero-order chi connectivity index (χ0) is 14.5. The molecule has 1 aromatic heterocycles. The molecule has 2 aromatic rings. The molecular formula is C15H15NO4. The quantitative estimate of drug-likeness (QED) is 0.905. The molecule has 0 saturated carbocycles. The summed E-state index contributed by atoms with van der Waals surface area (Å²) in [6, 6.07) is 10.1. The molecule has 0 amide bonds. The summed E-state index contributed by atoms with van der Waals surface area (Å²) in [4.78, 5) is 15.2. The van der Waals surface area contributed by atoms with E-state index in [1.54, 1.807) is 19.1 Å². The first-order valence-corrected chi connectivity index (χ1v) is 6.22. The normalized spacial score (nSPS) is 10.1. The number of rotatable bonds is 5. The number of pyridine rings is 1. The van der Waals surface area contributed by atoms with Crippen LogP contribution in [-0.2, 0) is 0 Å². The largest absolute Gasteiger partial charge is 0.490 e. The van der Waals surface area contributed by atoms with E-state index in [9.17, 15) is 4.79 Å². The minimum atomic E-state index is -1.02. The Labute approximate surface area is 116 Å². The zero-order valence-electron chi connectivity index (χ0n) is 11.3. The molecule has 0 aliphatic rings. The van der Waals surface area contributed by atoms with Crippen LogP contribution in [0.25, 0.3) is 0 Å². The maximum Gasteiger partial charge on any atom is 0.335 e. The van der Waals surface area contributed by atoms with Crippen molar-refractivity contribution in [2.45, 2.75) is 13.8 Å². The smallest absolute Gasteiger partial charge is 0.335 e. The summed E-state index contributed by atoms with van der Waals surface area (Å²) < 4.78 is 11.1. The summed E-state index contributed by atoms with van der Waals surface area (Å²) in [7, 11) is 0. The monoisotopic (exact) mass is 273 g/mol. The Morgan fingerprint density at radius 3 is 2.60 bits per heavy atom. The summed E-state index contributed by atoms with van der Waals surface area (Å²) in [6.07, 6.45) is 0. The molecule has 0 fully saturated rings. The maximum absolute atomic E-state index is 11.0. The van der Waals surface area contributed by atoms with E-state index in [0.717, 1.165) is 0 Å². The first kappa shape index (κ1) is 13.9. The third-order valence-electron chi connectivity index (χ3n) is 2.54. The van der Waals surface area contributed by atoms with E-state index in [0.29, 0.717) is 23.8 Å². The highest BCUT2D eigenvalue weighted by molar-refractivity contribution is 5.88. The van der Waals surface area contributed by atoms with Crippen LogP contribution < -0.4 is 9.47 Å². The van der Waals surface area contributed by atoms with Gasteiger partial charge in [0.25, 0.3) is 0 Å². The summed E-state index contributed by atoms with van der Waals surface area (Å²) in [5.41, 5.74) is 0.718. The van der Waals surface area contributed by atoms with E-state index >= 15 is 0 Å². The van der Waals surface area contributed by atoms with Gasteiger partial charge in [-0.1, -0.05) is 12.1 Å². The van der Waals surface area contributed by atoms with Crippen molar-refractivity contribution in [2.75, 3.05) is 6.61 Å². The lowest BCUT2D eigenvalue weighted by atomic mass is 10.2. The summed E-state index contributed by atoms with van der Waals surface area (Å²) in [5, 5.41) is 9.03. The second kappa shape index (κ2) is 6.06. The van der Waals surface area contributed by atoms with Crippen LogP contribution in [0.5, 0.6) is 17.4 Å². The molecule has 0 unspecified atom stereocenters. The number of carbonyl (C=O) groups is 1. The number of carboxylic acids is 1. The average Bonchev–Trinajstić information content (AvgIpc) is 2.40. The van der Waals surface area contributed by atoms with Gasteiger partial charge in [-0.2, -0.15) is 0 Å². The number of para-hydroxylation sites is 2. The molecule has 0 aliphatic carbocycles. The van der Waals surface area contributed by atoms with Gasteiger partial charge in [-0.25, -0.2) is 9.78 Å². The van der Waals surface area contributed by atoms with Gasteiger partial charge in [0.1, 0.15) is 0 Å². The number of nitrogens with zero attached hydrogens (tertiary/aromatic N) is 1. The molecule has 0 bridgehead atoms. The van der Waals surface area contributed by atoms with Crippen molar-refractivity contribution in [3.63, 3.8) is 0 Å². The zero-order valence-corrected chi connectivity index (χ0v) is 11.3. The van der Waals surface area contributed by atoms with Crippen LogP contribution in [0.15, 0.2) is 36.4 Å². The number of benzene rings is 1. The number of aryl methyl sites for hydroxylation is 1. The molecular weight excluding hydrogens is 258 g/mol. The van der Waals surface area contributed by atoms with Crippen molar-refractivity contribution < 1.29 is 19.4 Å². The van der Waals surface area contributed by atoms with E-state index < -0.39 is 5.97 Å². The van der Waals surface area contributed by atoms with E-state index in [2.05, 4.69) is 4.98 Å². The van der Waals surface area contributed by atoms with Gasteiger partial charge < -0.3 is 14.6 Å². The van der Waals surface area contributed by atoms with Gasteiger partial charge in [-0.05, 0) is 32.0 Å². The van der Waals surface area contributed by atoms with Crippen LogP contribution in [0.2, 0.25) is 0 Å². The maximum atomic E-state index is 11.0. The van der Waals surface area contributed by atoms with Crippen LogP contribution in [0.1, 0.15) is 23.0 Å². The van der Waals surface area contributed by atoms with Crippen LogP contribution in [0, 0.1) is 6.92 Å². The van der Waals surface area contributed by atoms with Gasteiger partial charge in [-0.3, -0.25) is 0 Å². The molecule has 20 heavy (non-hydrogen) atoms. The van der Waals surface area contributed by atoms with Gasteiger partial charge >= 0.3 is 5.97 Å². The van der Waals surface area contributed by atoms with Gasteiger partial charge in [0, 0.05) is 11.8 Å². The fourth-order valence-corrected chi connectivity index (χ4v) is 1.74. The Kier molecular flexibility index (Phi) is 4.20. The first-order valence-electron chi connectivity index (χ1n) is 6.22. The fourth-order valence-electron chi connectivity index (χ4n) is 1.74. The number of hydrogen-bond donors (Lipinski definition) is 1. The van der Waals surface area contributed by atoms with Crippen LogP contribution in [0.3, 0.4) is 0 Å². The Morgan fingerprint density at radius 1 is 1.25 bits per heavy atom. The molecule has 0 radical (unpaired) electrons. The summed E-state index contributed by atoms with van der Waals surface area (Å²) in [5.74, 6) is 0.312. The molecule has 0 atom stereocenters. The van der Waals surface area contributed by atoms with Crippen LogP contribution in [0.4, 0.5) is 0 Å². The Hall–Kier alpha value is -2.56. The second-order valence-corrected chi connectivity index (χ2v) is 4.12. The van der Waals surface area contributed by atoms with Gasteiger partial charge in [0.2, 0.25) is 5.88 Å². The molecule has 5 nitrogen and oxygen atoms in total. The summed E-state index contributed by atoms with van der Waals surface area (Å²) >= 11 is 0. The van der Waals surface area contributed by atoms with Crippen molar-refractivity contribution in [3.8, 4) is 17.4 Å². The van der Waals surface area contributed by atoms with Crippen molar-refractivity contribution in [3.05, 3.63) is 47.7 Å². The molecule has 1 N–H and O–H groups in total. The molecule has 0 aliphatic heterocycles. The first-order chi connectivity index (χ1) is 9.60. The Balaban J connectivity index is 2.32. The standard InChI is InChI=1S/C15H15NO4/c1-3-19-12-6-4-5-7-13(12)20-14-9-11(15(17)18)8-10(2)16-14/h4-9H,3H2,1-2H3,(H,17,18). The molecule has 104 valence electrons. The number of aromatic carboxylic acids is 1. The fraction of sp³-hybridized carbons (Fsp3) is 0.200.